The quantitative estimate of drug-likeness (QED) is 0.651. The molecule has 2 heterocycles. The van der Waals surface area contributed by atoms with Crippen LogP contribution in [0.5, 0.6) is 0 Å². The maximum atomic E-state index is 13.4. The van der Waals surface area contributed by atoms with Gasteiger partial charge in [-0.05, 0) is 67.7 Å². The number of nitrogens with one attached hydrogen (secondary N) is 1. The van der Waals surface area contributed by atoms with E-state index in [-0.39, 0.29) is 5.82 Å². The Bertz CT molecular complexity index is 1120. The molecule has 158 valence electrons. The lowest BCUT2D eigenvalue weighted by Gasteiger charge is -2.31. The number of sulfonamides is 1. The van der Waals surface area contributed by atoms with Gasteiger partial charge in [0.2, 0.25) is 10.0 Å². The molecule has 0 amide bonds. The number of anilines is 1. The molecule has 9 heteroatoms. The summed E-state index contributed by atoms with van der Waals surface area (Å²) < 4.78 is 40.5. The average Bonchev–Trinajstić information content (AvgIpc) is 3.16. The van der Waals surface area contributed by atoms with Crippen LogP contribution in [0.1, 0.15) is 30.0 Å². The molecule has 2 aromatic carbocycles. The third kappa shape index (κ3) is 5.22. The fraction of sp³-hybridized carbons (Fsp3) is 0.333. The SMILES string of the molecule is CS(=O)(=O)Nc1cccc(C2CCN(Cc3cn(-c4cccc(F)c4)nn3)CC2)c1. The monoisotopic (exact) mass is 429 g/mol. The van der Waals surface area contributed by atoms with E-state index < -0.39 is 10.0 Å². The molecular weight excluding hydrogens is 405 g/mol. The number of hydrogen-bond acceptors (Lipinski definition) is 5. The van der Waals surface area contributed by atoms with Crippen molar-refractivity contribution in [1.29, 1.82) is 0 Å². The predicted molar refractivity (Wildman–Crippen MR) is 113 cm³/mol. The molecule has 0 saturated carbocycles. The Morgan fingerprint density at radius 2 is 1.90 bits per heavy atom. The first-order chi connectivity index (χ1) is 14.4. The van der Waals surface area contributed by atoms with E-state index in [1.54, 1.807) is 22.9 Å². The third-order valence-corrected chi connectivity index (χ3v) is 5.85. The maximum absolute atomic E-state index is 13.4. The van der Waals surface area contributed by atoms with Gasteiger partial charge in [0.05, 0.1) is 23.8 Å². The highest BCUT2D eigenvalue weighted by Gasteiger charge is 2.22. The molecule has 7 nitrogen and oxygen atoms in total. The minimum atomic E-state index is -3.28. The summed E-state index contributed by atoms with van der Waals surface area (Å²) in [5.74, 6) is 0.0907. The summed E-state index contributed by atoms with van der Waals surface area (Å²) in [4.78, 5) is 2.33. The zero-order valence-corrected chi connectivity index (χ0v) is 17.5. The van der Waals surface area contributed by atoms with E-state index in [4.69, 9.17) is 0 Å². The molecular formula is C21H24FN5O2S. The van der Waals surface area contributed by atoms with E-state index in [9.17, 15) is 12.8 Å². The minimum Gasteiger partial charge on any atom is -0.297 e. The van der Waals surface area contributed by atoms with Crippen molar-refractivity contribution in [3.63, 3.8) is 0 Å². The van der Waals surface area contributed by atoms with Crippen molar-refractivity contribution in [2.45, 2.75) is 25.3 Å². The van der Waals surface area contributed by atoms with Crippen LogP contribution in [-0.2, 0) is 16.6 Å². The highest BCUT2D eigenvalue weighted by atomic mass is 32.2. The van der Waals surface area contributed by atoms with Crippen LogP contribution < -0.4 is 4.72 Å². The Morgan fingerprint density at radius 3 is 2.63 bits per heavy atom. The van der Waals surface area contributed by atoms with E-state index in [1.807, 2.05) is 18.3 Å². The number of rotatable bonds is 6. The number of piperidine rings is 1. The summed E-state index contributed by atoms with van der Waals surface area (Å²) in [7, 11) is -3.28. The largest absolute Gasteiger partial charge is 0.297 e. The van der Waals surface area contributed by atoms with Gasteiger partial charge in [0.1, 0.15) is 5.82 Å². The summed E-state index contributed by atoms with van der Waals surface area (Å²) in [6.07, 6.45) is 4.96. The van der Waals surface area contributed by atoms with Crippen molar-refractivity contribution in [2.75, 3.05) is 24.1 Å². The first-order valence-electron chi connectivity index (χ1n) is 9.83. The Kier molecular flexibility index (Phi) is 5.83. The van der Waals surface area contributed by atoms with Crippen LogP contribution in [0.3, 0.4) is 0 Å². The lowest BCUT2D eigenvalue weighted by Crippen LogP contribution is -2.32. The normalized spacial score (nSPS) is 15.9. The minimum absolute atomic E-state index is 0.303. The molecule has 1 aliphatic heterocycles. The fourth-order valence-electron chi connectivity index (χ4n) is 3.84. The molecule has 0 radical (unpaired) electrons. The van der Waals surface area contributed by atoms with Crippen molar-refractivity contribution < 1.29 is 12.8 Å². The Labute approximate surface area is 175 Å². The summed E-state index contributed by atoms with van der Waals surface area (Å²) >= 11 is 0. The van der Waals surface area contributed by atoms with Gasteiger partial charge in [0.25, 0.3) is 0 Å². The number of hydrogen-bond donors (Lipinski definition) is 1. The molecule has 1 aliphatic rings. The first-order valence-corrected chi connectivity index (χ1v) is 11.7. The van der Waals surface area contributed by atoms with Crippen molar-refractivity contribution in [2.24, 2.45) is 0 Å². The molecule has 0 aliphatic carbocycles. The Morgan fingerprint density at radius 1 is 1.13 bits per heavy atom. The van der Waals surface area contributed by atoms with Crippen LogP contribution in [0.25, 0.3) is 5.69 Å². The van der Waals surface area contributed by atoms with Gasteiger partial charge in [0.15, 0.2) is 0 Å². The van der Waals surface area contributed by atoms with E-state index in [1.165, 1.54) is 12.1 Å². The van der Waals surface area contributed by atoms with E-state index in [0.29, 0.717) is 23.8 Å². The molecule has 4 rings (SSSR count). The lowest BCUT2D eigenvalue weighted by atomic mass is 9.89. The van der Waals surface area contributed by atoms with Crippen LogP contribution in [0, 0.1) is 5.82 Å². The summed E-state index contributed by atoms with van der Waals surface area (Å²) in [6, 6.07) is 13.9. The first kappa shape index (κ1) is 20.5. The second-order valence-corrected chi connectivity index (χ2v) is 9.43. The number of benzene rings is 2. The van der Waals surface area contributed by atoms with Gasteiger partial charge in [-0.2, -0.15) is 0 Å². The molecule has 30 heavy (non-hydrogen) atoms. The smallest absolute Gasteiger partial charge is 0.229 e. The Balaban J connectivity index is 1.35. The highest BCUT2D eigenvalue weighted by molar-refractivity contribution is 7.92. The van der Waals surface area contributed by atoms with Crippen LogP contribution >= 0.6 is 0 Å². The summed E-state index contributed by atoms with van der Waals surface area (Å²) in [5.41, 5.74) is 3.25. The molecule has 0 spiro atoms. The second-order valence-electron chi connectivity index (χ2n) is 7.68. The van der Waals surface area contributed by atoms with Crippen LogP contribution in [-0.4, -0.2) is 47.7 Å². The molecule has 0 atom stereocenters. The van der Waals surface area contributed by atoms with Gasteiger partial charge >= 0.3 is 0 Å². The molecule has 1 fully saturated rings. The number of aromatic nitrogens is 3. The lowest BCUT2D eigenvalue weighted by molar-refractivity contribution is 0.202. The van der Waals surface area contributed by atoms with Gasteiger partial charge in [-0.25, -0.2) is 17.5 Å². The fourth-order valence-corrected chi connectivity index (χ4v) is 4.39. The second kappa shape index (κ2) is 8.53. The summed E-state index contributed by atoms with van der Waals surface area (Å²) in [5, 5.41) is 8.33. The molecule has 1 aromatic heterocycles. The third-order valence-electron chi connectivity index (χ3n) is 5.25. The van der Waals surface area contributed by atoms with Crippen LogP contribution in [0.15, 0.2) is 54.7 Å². The molecule has 0 unspecified atom stereocenters. The van der Waals surface area contributed by atoms with E-state index in [0.717, 1.165) is 43.4 Å². The average molecular weight is 430 g/mol. The number of nitrogens with zero attached hydrogens (tertiary/aromatic N) is 4. The maximum Gasteiger partial charge on any atom is 0.229 e. The molecule has 1 saturated heterocycles. The van der Waals surface area contributed by atoms with Crippen LogP contribution in [0.4, 0.5) is 10.1 Å². The molecule has 1 N–H and O–H groups in total. The van der Waals surface area contributed by atoms with Crippen molar-refractivity contribution in [3.05, 3.63) is 71.8 Å². The van der Waals surface area contributed by atoms with Gasteiger partial charge < -0.3 is 0 Å². The molecule has 3 aromatic rings. The Hall–Kier alpha value is -2.78. The number of halogens is 1. The van der Waals surface area contributed by atoms with E-state index in [2.05, 4.69) is 26.0 Å². The zero-order valence-electron chi connectivity index (χ0n) is 16.7. The highest BCUT2D eigenvalue weighted by Crippen LogP contribution is 2.30. The van der Waals surface area contributed by atoms with Crippen LogP contribution in [0.2, 0.25) is 0 Å². The van der Waals surface area contributed by atoms with Crippen molar-refractivity contribution >= 4 is 15.7 Å². The topological polar surface area (TPSA) is 80.1 Å². The van der Waals surface area contributed by atoms with Gasteiger partial charge in [-0.15, -0.1) is 5.10 Å². The zero-order chi connectivity index (χ0) is 21.1. The molecule has 0 bridgehead atoms. The van der Waals surface area contributed by atoms with Crippen molar-refractivity contribution in [3.8, 4) is 5.69 Å². The van der Waals surface area contributed by atoms with Gasteiger partial charge in [-0.3, -0.25) is 9.62 Å². The van der Waals surface area contributed by atoms with Crippen molar-refractivity contribution in [1.82, 2.24) is 19.9 Å². The van der Waals surface area contributed by atoms with E-state index >= 15 is 0 Å². The van der Waals surface area contributed by atoms with Gasteiger partial charge in [-0.1, -0.05) is 23.4 Å². The standard InChI is InChI=1S/C21H24FN5O2S/c1-30(28,29)24-19-6-2-4-17(12-19)16-8-10-26(11-9-16)14-20-15-27(25-23-20)21-7-3-5-18(22)13-21/h2-7,12-13,15-16,24H,8-11,14H2,1H3. The summed E-state index contributed by atoms with van der Waals surface area (Å²) in [6.45, 7) is 2.53. The predicted octanol–water partition coefficient (Wildman–Crippen LogP) is 3.16. The van der Waals surface area contributed by atoms with Gasteiger partial charge in [0, 0.05) is 12.2 Å². The number of likely N-dealkylation sites (tertiary alicyclic amines) is 1.